The summed E-state index contributed by atoms with van der Waals surface area (Å²) in [6, 6.07) is 6.54. The Morgan fingerprint density at radius 1 is 1.11 bits per heavy atom. The second-order valence-corrected chi connectivity index (χ2v) is 6.76. The topological polar surface area (TPSA) is 24.9 Å². The van der Waals surface area contributed by atoms with Crippen molar-refractivity contribution in [3.8, 4) is 10.4 Å². The minimum Gasteiger partial charge on any atom is -0.307 e. The minimum absolute atomic E-state index is 0.900. The van der Waals surface area contributed by atoms with E-state index in [2.05, 4.69) is 39.3 Å². The Hall–Kier alpha value is -1.01. The van der Waals surface area contributed by atoms with Crippen LogP contribution in [-0.2, 0) is 13.1 Å². The Balaban J connectivity index is 1.57. The van der Waals surface area contributed by atoms with Gasteiger partial charge >= 0.3 is 0 Å². The van der Waals surface area contributed by atoms with Crippen molar-refractivity contribution in [2.24, 2.45) is 0 Å². The van der Waals surface area contributed by atoms with Gasteiger partial charge in [-0.3, -0.25) is 4.98 Å². The highest BCUT2D eigenvalue weighted by Gasteiger charge is 2.03. The summed E-state index contributed by atoms with van der Waals surface area (Å²) in [5.74, 6) is 0. The van der Waals surface area contributed by atoms with Crippen molar-refractivity contribution in [3.63, 3.8) is 0 Å². The van der Waals surface area contributed by atoms with Gasteiger partial charge < -0.3 is 5.32 Å². The van der Waals surface area contributed by atoms with Crippen molar-refractivity contribution in [3.05, 3.63) is 50.4 Å². The van der Waals surface area contributed by atoms with E-state index in [9.17, 15) is 0 Å². The molecule has 0 aliphatic rings. The first-order valence-electron chi connectivity index (χ1n) is 5.61. The number of hydrogen-bond acceptors (Lipinski definition) is 5. The summed E-state index contributed by atoms with van der Waals surface area (Å²) < 4.78 is 0. The molecule has 1 N–H and O–H groups in total. The van der Waals surface area contributed by atoms with E-state index >= 15 is 0 Å². The zero-order valence-electron chi connectivity index (χ0n) is 9.63. The van der Waals surface area contributed by atoms with Crippen molar-refractivity contribution in [1.82, 2.24) is 10.3 Å². The van der Waals surface area contributed by atoms with Gasteiger partial charge in [0.15, 0.2) is 0 Å². The van der Waals surface area contributed by atoms with Crippen LogP contribution in [0.15, 0.2) is 40.7 Å². The van der Waals surface area contributed by atoms with Crippen LogP contribution in [0.4, 0.5) is 0 Å². The molecule has 0 unspecified atom stereocenters. The molecular weight excluding hydrogens is 280 g/mol. The molecule has 0 aliphatic heterocycles. The van der Waals surface area contributed by atoms with E-state index in [1.54, 1.807) is 22.7 Å². The maximum Gasteiger partial charge on any atom is 0.0794 e. The normalized spacial score (nSPS) is 10.9. The molecule has 0 saturated heterocycles. The van der Waals surface area contributed by atoms with Gasteiger partial charge in [-0.1, -0.05) is 6.07 Å². The number of aromatic nitrogens is 1. The Kier molecular flexibility index (Phi) is 3.85. The zero-order valence-corrected chi connectivity index (χ0v) is 12.1. The highest BCUT2D eigenvalue weighted by molar-refractivity contribution is 7.14. The summed E-state index contributed by atoms with van der Waals surface area (Å²) in [7, 11) is 0. The van der Waals surface area contributed by atoms with E-state index in [4.69, 9.17) is 0 Å². The van der Waals surface area contributed by atoms with Crippen molar-refractivity contribution in [2.75, 3.05) is 0 Å². The number of nitrogens with one attached hydrogen (secondary N) is 1. The van der Waals surface area contributed by atoms with Crippen LogP contribution in [0.1, 0.15) is 9.75 Å². The van der Waals surface area contributed by atoms with Gasteiger partial charge in [0.2, 0.25) is 0 Å². The van der Waals surface area contributed by atoms with Crippen molar-refractivity contribution in [2.45, 2.75) is 13.1 Å². The van der Waals surface area contributed by atoms with Crippen LogP contribution < -0.4 is 5.32 Å². The third-order valence-electron chi connectivity index (χ3n) is 2.54. The molecule has 0 bridgehead atoms. The fraction of sp³-hybridized carbons (Fsp3) is 0.154. The Morgan fingerprint density at radius 3 is 2.83 bits per heavy atom. The summed E-state index contributed by atoms with van der Waals surface area (Å²) >= 11 is 5.30. The molecule has 2 nitrogen and oxygen atoms in total. The van der Waals surface area contributed by atoms with E-state index in [1.165, 1.54) is 20.2 Å². The van der Waals surface area contributed by atoms with Crippen LogP contribution in [0.5, 0.6) is 0 Å². The summed E-state index contributed by atoms with van der Waals surface area (Å²) in [5, 5.41) is 7.80. The van der Waals surface area contributed by atoms with Gasteiger partial charge in [0.1, 0.15) is 0 Å². The molecule has 92 valence electrons. The molecule has 0 saturated carbocycles. The highest BCUT2D eigenvalue weighted by atomic mass is 32.1. The smallest absolute Gasteiger partial charge is 0.0794 e. The van der Waals surface area contributed by atoms with E-state index in [0.29, 0.717) is 0 Å². The van der Waals surface area contributed by atoms with Gasteiger partial charge in [-0.2, -0.15) is 0 Å². The molecule has 0 radical (unpaired) electrons. The molecule has 0 aliphatic carbocycles. The average Bonchev–Trinajstić information content (AvgIpc) is 3.12. The van der Waals surface area contributed by atoms with Crippen molar-refractivity contribution in [1.29, 1.82) is 0 Å². The Bertz CT molecular complexity index is 582. The molecule has 0 spiro atoms. The number of thiophene rings is 2. The highest BCUT2D eigenvalue weighted by Crippen LogP contribution is 2.29. The fourth-order valence-corrected chi connectivity index (χ4v) is 3.89. The lowest BCUT2D eigenvalue weighted by Crippen LogP contribution is -2.10. The van der Waals surface area contributed by atoms with Gasteiger partial charge in [-0.15, -0.1) is 34.0 Å². The molecule has 0 amide bonds. The van der Waals surface area contributed by atoms with Crippen molar-refractivity contribution < 1.29 is 0 Å². The summed E-state index contributed by atoms with van der Waals surface area (Å²) in [5.41, 5.74) is 3.21. The number of rotatable bonds is 5. The monoisotopic (exact) mass is 292 g/mol. The minimum atomic E-state index is 0.900. The molecule has 3 aromatic rings. The van der Waals surface area contributed by atoms with Gasteiger partial charge in [-0.05, 0) is 22.9 Å². The SMILES string of the molecule is c1csc(-c2csc(CNCc3cncs3)c2)c1. The third-order valence-corrected chi connectivity index (χ3v) is 5.18. The second kappa shape index (κ2) is 5.75. The third kappa shape index (κ3) is 2.87. The molecular formula is C13H12N2S3. The van der Waals surface area contributed by atoms with Crippen molar-refractivity contribution >= 4 is 34.0 Å². The standard InChI is InChI=1S/C13H12N2S3/c1-2-13(16-3-1)10-4-11(17-8-10)5-14-6-12-7-15-9-18-12/h1-4,7-9,14H,5-6H2. The zero-order chi connectivity index (χ0) is 12.2. The number of hydrogen-bond donors (Lipinski definition) is 1. The number of nitrogens with zero attached hydrogens (tertiary/aromatic N) is 1. The van der Waals surface area contributed by atoms with Crippen LogP contribution in [0.3, 0.4) is 0 Å². The molecule has 18 heavy (non-hydrogen) atoms. The maximum absolute atomic E-state index is 4.07. The average molecular weight is 292 g/mol. The number of thiazole rings is 1. The van der Waals surface area contributed by atoms with Gasteiger partial charge in [0, 0.05) is 39.5 Å². The first-order valence-corrected chi connectivity index (χ1v) is 8.25. The summed E-state index contributed by atoms with van der Waals surface area (Å²) in [6.07, 6.45) is 1.92. The molecule has 5 heteroatoms. The molecule has 3 rings (SSSR count). The first-order chi connectivity index (χ1) is 8.92. The quantitative estimate of drug-likeness (QED) is 0.761. The Morgan fingerprint density at radius 2 is 2.06 bits per heavy atom. The van der Waals surface area contributed by atoms with Gasteiger partial charge in [0.05, 0.1) is 5.51 Å². The lowest BCUT2D eigenvalue weighted by molar-refractivity contribution is 0.708. The summed E-state index contributed by atoms with van der Waals surface area (Å²) in [4.78, 5) is 8.08. The lowest BCUT2D eigenvalue weighted by atomic mass is 10.2. The van der Waals surface area contributed by atoms with Crippen LogP contribution in [0.25, 0.3) is 10.4 Å². The van der Waals surface area contributed by atoms with Crippen LogP contribution in [0, 0.1) is 0 Å². The van der Waals surface area contributed by atoms with Gasteiger partial charge in [0.25, 0.3) is 0 Å². The molecule has 0 atom stereocenters. The van der Waals surface area contributed by atoms with Gasteiger partial charge in [-0.25, -0.2) is 0 Å². The molecule has 3 heterocycles. The van der Waals surface area contributed by atoms with Crippen LogP contribution in [-0.4, -0.2) is 4.98 Å². The van der Waals surface area contributed by atoms with E-state index in [0.717, 1.165) is 13.1 Å². The first kappa shape index (κ1) is 12.0. The lowest BCUT2D eigenvalue weighted by Gasteiger charge is -1.99. The van der Waals surface area contributed by atoms with E-state index < -0.39 is 0 Å². The summed E-state index contributed by atoms with van der Waals surface area (Å²) in [6.45, 7) is 1.82. The molecule has 0 fully saturated rings. The predicted molar refractivity (Wildman–Crippen MR) is 80.3 cm³/mol. The largest absolute Gasteiger partial charge is 0.307 e. The maximum atomic E-state index is 4.07. The predicted octanol–water partition coefficient (Wildman–Crippen LogP) is 4.22. The van der Waals surface area contributed by atoms with E-state index in [-0.39, 0.29) is 0 Å². The van der Waals surface area contributed by atoms with Crippen LogP contribution >= 0.6 is 34.0 Å². The second-order valence-electron chi connectivity index (χ2n) is 3.85. The molecule has 3 aromatic heterocycles. The molecule has 0 aromatic carbocycles. The Labute approximate surface area is 118 Å². The van der Waals surface area contributed by atoms with Crippen LogP contribution in [0.2, 0.25) is 0 Å². The fourth-order valence-electron chi connectivity index (χ4n) is 1.68. The van der Waals surface area contributed by atoms with E-state index in [1.807, 2.05) is 23.0 Å².